The molecule has 0 amide bonds. The zero-order chi connectivity index (χ0) is 24.9. The van der Waals surface area contributed by atoms with Gasteiger partial charge in [0.15, 0.2) is 23.1 Å². The lowest BCUT2D eigenvalue weighted by molar-refractivity contribution is 0.174. The van der Waals surface area contributed by atoms with Gasteiger partial charge in [-0.15, -0.1) is 0 Å². The maximum Gasteiger partial charge on any atom is 0.231 e. The molecule has 0 spiro atoms. The molecule has 7 heteroatoms. The van der Waals surface area contributed by atoms with E-state index in [1.54, 1.807) is 6.07 Å². The standard InChI is InChI=1S/C29H29F2N3O2/c1-2-3-13-34-24(16-32-29(34)23-7-5-4-6-8-23)19-33(17-21-9-11-25(30)26(31)14-21)18-22-10-12-27-28(15-22)36-20-35-27/h4-12,14-16H,2-3,13,17-20H2,1H3. The quantitative estimate of drug-likeness (QED) is 0.253. The van der Waals surface area contributed by atoms with E-state index < -0.39 is 11.6 Å². The second kappa shape index (κ2) is 10.9. The van der Waals surface area contributed by atoms with Crippen LogP contribution in [0, 0.1) is 11.6 Å². The molecular formula is C29H29F2N3O2. The van der Waals surface area contributed by atoms with E-state index in [0.29, 0.717) is 25.2 Å². The lowest BCUT2D eigenvalue weighted by atomic mass is 10.1. The molecule has 3 aromatic carbocycles. The summed E-state index contributed by atoms with van der Waals surface area (Å²) in [6.07, 6.45) is 4.03. The van der Waals surface area contributed by atoms with Crippen LogP contribution >= 0.6 is 0 Å². The summed E-state index contributed by atoms with van der Waals surface area (Å²) >= 11 is 0. The van der Waals surface area contributed by atoms with Gasteiger partial charge in [-0.05, 0) is 41.8 Å². The van der Waals surface area contributed by atoms with Crippen molar-refractivity contribution in [2.24, 2.45) is 0 Å². The Kier molecular flexibility index (Phi) is 7.28. The van der Waals surface area contributed by atoms with Crippen LogP contribution in [0.1, 0.15) is 36.6 Å². The minimum atomic E-state index is -0.841. The highest BCUT2D eigenvalue weighted by Crippen LogP contribution is 2.33. The SMILES string of the molecule is CCCCn1c(CN(Cc2ccc(F)c(F)c2)Cc2ccc3c(c2)OCO3)cnc1-c1ccccc1. The third-order valence-corrected chi connectivity index (χ3v) is 6.32. The Morgan fingerprint density at radius 3 is 2.39 bits per heavy atom. The van der Waals surface area contributed by atoms with Gasteiger partial charge in [-0.25, -0.2) is 13.8 Å². The van der Waals surface area contributed by atoms with Crippen LogP contribution in [0.4, 0.5) is 8.78 Å². The van der Waals surface area contributed by atoms with Gasteiger partial charge in [0, 0.05) is 31.7 Å². The average molecular weight is 490 g/mol. The number of nitrogens with zero attached hydrogens (tertiary/aromatic N) is 3. The number of rotatable bonds is 10. The van der Waals surface area contributed by atoms with Crippen molar-refractivity contribution in [3.8, 4) is 22.9 Å². The van der Waals surface area contributed by atoms with Gasteiger partial charge < -0.3 is 14.0 Å². The fourth-order valence-electron chi connectivity index (χ4n) is 4.51. The van der Waals surface area contributed by atoms with Crippen LogP contribution in [0.25, 0.3) is 11.4 Å². The second-order valence-corrected chi connectivity index (χ2v) is 9.03. The number of halogens is 2. The van der Waals surface area contributed by atoms with Gasteiger partial charge in [0.25, 0.3) is 0 Å². The number of unbranched alkanes of at least 4 members (excludes halogenated alkanes) is 1. The van der Waals surface area contributed by atoms with E-state index in [1.807, 2.05) is 42.6 Å². The number of fused-ring (bicyclic) bond motifs is 1. The minimum Gasteiger partial charge on any atom is -0.454 e. The molecule has 0 fully saturated rings. The minimum absolute atomic E-state index is 0.218. The summed E-state index contributed by atoms with van der Waals surface area (Å²) < 4.78 is 40.8. The van der Waals surface area contributed by atoms with Crippen molar-refractivity contribution in [1.29, 1.82) is 0 Å². The Morgan fingerprint density at radius 2 is 1.61 bits per heavy atom. The molecule has 1 aromatic heterocycles. The van der Waals surface area contributed by atoms with Crippen LogP contribution < -0.4 is 9.47 Å². The van der Waals surface area contributed by atoms with Gasteiger partial charge >= 0.3 is 0 Å². The Balaban J connectivity index is 1.45. The molecule has 4 aromatic rings. The molecule has 2 heterocycles. The molecule has 186 valence electrons. The number of hydrogen-bond donors (Lipinski definition) is 0. The summed E-state index contributed by atoms with van der Waals surface area (Å²) in [4.78, 5) is 6.98. The maximum absolute atomic E-state index is 14.0. The fraction of sp³-hybridized carbons (Fsp3) is 0.276. The highest BCUT2D eigenvalue weighted by Gasteiger charge is 2.18. The van der Waals surface area contributed by atoms with Gasteiger partial charge in [-0.3, -0.25) is 4.90 Å². The van der Waals surface area contributed by atoms with Crippen LogP contribution in [-0.4, -0.2) is 21.2 Å². The fourth-order valence-corrected chi connectivity index (χ4v) is 4.51. The van der Waals surface area contributed by atoms with Gasteiger partial charge in [-0.2, -0.15) is 0 Å². The molecule has 5 rings (SSSR count). The van der Waals surface area contributed by atoms with Crippen molar-refractivity contribution in [1.82, 2.24) is 14.5 Å². The van der Waals surface area contributed by atoms with Crippen molar-refractivity contribution in [3.63, 3.8) is 0 Å². The summed E-state index contributed by atoms with van der Waals surface area (Å²) in [7, 11) is 0. The van der Waals surface area contributed by atoms with Crippen molar-refractivity contribution < 1.29 is 18.3 Å². The lowest BCUT2D eigenvalue weighted by Crippen LogP contribution is -2.24. The molecule has 0 saturated carbocycles. The van der Waals surface area contributed by atoms with Crippen LogP contribution in [0.3, 0.4) is 0 Å². The topological polar surface area (TPSA) is 39.5 Å². The van der Waals surface area contributed by atoms with E-state index in [1.165, 1.54) is 12.1 Å². The number of ether oxygens (including phenoxy) is 2. The van der Waals surface area contributed by atoms with E-state index in [-0.39, 0.29) is 6.79 Å². The Morgan fingerprint density at radius 1 is 0.861 bits per heavy atom. The summed E-state index contributed by atoms with van der Waals surface area (Å²) in [5.74, 6) is 0.715. The first-order chi connectivity index (χ1) is 17.6. The zero-order valence-electron chi connectivity index (χ0n) is 20.3. The highest BCUT2D eigenvalue weighted by molar-refractivity contribution is 5.56. The highest BCUT2D eigenvalue weighted by atomic mass is 19.2. The molecule has 1 aliphatic rings. The van der Waals surface area contributed by atoms with E-state index in [0.717, 1.165) is 53.5 Å². The summed E-state index contributed by atoms with van der Waals surface area (Å²) in [6, 6.07) is 20.2. The number of imidazole rings is 1. The van der Waals surface area contributed by atoms with Crippen LogP contribution in [0.2, 0.25) is 0 Å². The monoisotopic (exact) mass is 489 g/mol. The smallest absolute Gasteiger partial charge is 0.231 e. The summed E-state index contributed by atoms with van der Waals surface area (Å²) in [6.45, 7) is 4.89. The van der Waals surface area contributed by atoms with Crippen molar-refractivity contribution >= 4 is 0 Å². The van der Waals surface area contributed by atoms with Crippen molar-refractivity contribution in [2.45, 2.75) is 45.9 Å². The Labute approximate surface area is 209 Å². The third-order valence-electron chi connectivity index (χ3n) is 6.32. The molecular weight excluding hydrogens is 460 g/mol. The molecule has 0 atom stereocenters. The molecule has 36 heavy (non-hydrogen) atoms. The lowest BCUT2D eigenvalue weighted by Gasteiger charge is -2.24. The first-order valence-electron chi connectivity index (χ1n) is 12.3. The van der Waals surface area contributed by atoms with E-state index in [9.17, 15) is 8.78 Å². The Bertz CT molecular complexity index is 1320. The molecule has 0 bridgehead atoms. The predicted octanol–water partition coefficient (Wildman–Crippen LogP) is 6.56. The van der Waals surface area contributed by atoms with E-state index in [2.05, 4.69) is 28.5 Å². The first kappa shape index (κ1) is 24.0. The zero-order valence-corrected chi connectivity index (χ0v) is 20.3. The van der Waals surface area contributed by atoms with Crippen LogP contribution in [-0.2, 0) is 26.2 Å². The van der Waals surface area contributed by atoms with Gasteiger partial charge in [0.2, 0.25) is 6.79 Å². The normalized spacial score (nSPS) is 12.4. The van der Waals surface area contributed by atoms with Crippen molar-refractivity contribution in [3.05, 3.63) is 101 Å². The first-order valence-corrected chi connectivity index (χ1v) is 12.3. The van der Waals surface area contributed by atoms with E-state index >= 15 is 0 Å². The molecule has 0 aliphatic carbocycles. The number of benzene rings is 3. The number of aromatic nitrogens is 2. The molecule has 5 nitrogen and oxygen atoms in total. The van der Waals surface area contributed by atoms with Gasteiger partial charge in [-0.1, -0.05) is 55.8 Å². The van der Waals surface area contributed by atoms with Gasteiger partial charge in [0.1, 0.15) is 5.82 Å². The van der Waals surface area contributed by atoms with Crippen molar-refractivity contribution in [2.75, 3.05) is 6.79 Å². The molecule has 0 saturated heterocycles. The van der Waals surface area contributed by atoms with E-state index in [4.69, 9.17) is 14.5 Å². The average Bonchev–Trinajstić information content (AvgIpc) is 3.52. The largest absolute Gasteiger partial charge is 0.454 e. The maximum atomic E-state index is 14.0. The van der Waals surface area contributed by atoms with Crippen LogP contribution in [0.5, 0.6) is 11.5 Å². The Hall–Kier alpha value is -3.71. The summed E-state index contributed by atoms with van der Waals surface area (Å²) in [5, 5.41) is 0. The molecule has 0 radical (unpaired) electrons. The molecule has 1 aliphatic heterocycles. The molecule has 0 unspecified atom stereocenters. The third kappa shape index (κ3) is 5.41. The number of hydrogen-bond acceptors (Lipinski definition) is 4. The molecule has 0 N–H and O–H groups in total. The van der Waals surface area contributed by atoms with Crippen LogP contribution in [0.15, 0.2) is 72.9 Å². The second-order valence-electron chi connectivity index (χ2n) is 9.03. The van der Waals surface area contributed by atoms with Gasteiger partial charge in [0.05, 0.1) is 11.9 Å². The predicted molar refractivity (Wildman–Crippen MR) is 134 cm³/mol. The summed E-state index contributed by atoms with van der Waals surface area (Å²) in [5.41, 5.74) is 3.90.